The SMILES string of the molecule is O=C(O)C(Cc1ccc(OCCCOc2ccc(Oc3ccccc3)cc2)cc1)OCc1ccccc1. The summed E-state index contributed by atoms with van der Waals surface area (Å²) in [4.78, 5) is 11.6. The minimum Gasteiger partial charge on any atom is -0.493 e. The van der Waals surface area contributed by atoms with Crippen molar-refractivity contribution in [2.45, 2.75) is 25.6 Å². The second-order valence-electron chi connectivity index (χ2n) is 8.41. The first kappa shape index (κ1) is 25.8. The highest BCUT2D eigenvalue weighted by molar-refractivity contribution is 5.72. The lowest BCUT2D eigenvalue weighted by Gasteiger charge is -2.14. The van der Waals surface area contributed by atoms with Gasteiger partial charge >= 0.3 is 5.97 Å². The number of carboxylic acid groups (broad SMARTS) is 1. The van der Waals surface area contributed by atoms with Crippen LogP contribution in [0.5, 0.6) is 23.0 Å². The molecule has 37 heavy (non-hydrogen) atoms. The first-order valence-corrected chi connectivity index (χ1v) is 12.2. The third-order valence-corrected chi connectivity index (χ3v) is 5.54. The van der Waals surface area contributed by atoms with Gasteiger partial charge in [-0.25, -0.2) is 4.79 Å². The van der Waals surface area contributed by atoms with Crippen LogP contribution in [-0.4, -0.2) is 30.4 Å². The van der Waals surface area contributed by atoms with Crippen LogP contribution < -0.4 is 14.2 Å². The van der Waals surface area contributed by atoms with E-state index in [9.17, 15) is 9.90 Å². The maximum atomic E-state index is 11.6. The lowest BCUT2D eigenvalue weighted by atomic mass is 10.1. The molecule has 0 aliphatic rings. The van der Waals surface area contributed by atoms with Gasteiger partial charge < -0.3 is 24.1 Å². The van der Waals surface area contributed by atoms with E-state index in [-0.39, 0.29) is 13.0 Å². The first-order valence-electron chi connectivity index (χ1n) is 12.2. The fraction of sp³-hybridized carbons (Fsp3) is 0.194. The first-order chi connectivity index (χ1) is 18.2. The number of rotatable bonds is 14. The van der Waals surface area contributed by atoms with Gasteiger partial charge in [-0.3, -0.25) is 0 Å². The topological polar surface area (TPSA) is 74.2 Å². The zero-order valence-corrected chi connectivity index (χ0v) is 20.5. The minimum absolute atomic E-state index is 0.257. The van der Waals surface area contributed by atoms with Crippen LogP contribution in [-0.2, 0) is 22.6 Å². The maximum Gasteiger partial charge on any atom is 0.333 e. The van der Waals surface area contributed by atoms with Gasteiger partial charge in [-0.1, -0.05) is 60.7 Å². The van der Waals surface area contributed by atoms with E-state index < -0.39 is 12.1 Å². The van der Waals surface area contributed by atoms with Gasteiger partial charge in [-0.2, -0.15) is 0 Å². The molecule has 0 spiro atoms. The molecule has 0 amide bonds. The zero-order valence-electron chi connectivity index (χ0n) is 20.5. The molecule has 0 aliphatic carbocycles. The molecule has 0 radical (unpaired) electrons. The van der Waals surface area contributed by atoms with Crippen LogP contribution in [0.15, 0.2) is 109 Å². The monoisotopic (exact) mass is 498 g/mol. The summed E-state index contributed by atoms with van der Waals surface area (Å²) in [5.41, 5.74) is 1.81. The van der Waals surface area contributed by atoms with Gasteiger partial charge in [0.2, 0.25) is 0 Å². The third-order valence-electron chi connectivity index (χ3n) is 5.54. The van der Waals surface area contributed by atoms with E-state index in [0.717, 1.165) is 40.5 Å². The molecule has 0 saturated carbocycles. The summed E-state index contributed by atoms with van der Waals surface area (Å²) >= 11 is 0. The predicted octanol–water partition coefficient (Wildman–Crippen LogP) is 6.54. The smallest absolute Gasteiger partial charge is 0.333 e. The fourth-order valence-corrected chi connectivity index (χ4v) is 3.59. The molecule has 0 saturated heterocycles. The van der Waals surface area contributed by atoms with Crippen LogP contribution in [0.4, 0.5) is 0 Å². The number of carboxylic acids is 1. The maximum absolute atomic E-state index is 11.6. The van der Waals surface area contributed by atoms with Crippen LogP contribution in [0.25, 0.3) is 0 Å². The largest absolute Gasteiger partial charge is 0.493 e. The van der Waals surface area contributed by atoms with E-state index >= 15 is 0 Å². The van der Waals surface area contributed by atoms with E-state index in [0.29, 0.717) is 13.2 Å². The summed E-state index contributed by atoms with van der Waals surface area (Å²) in [7, 11) is 0. The van der Waals surface area contributed by atoms with Crippen LogP contribution in [0.3, 0.4) is 0 Å². The second-order valence-corrected chi connectivity index (χ2v) is 8.41. The molecule has 6 nitrogen and oxygen atoms in total. The summed E-state index contributed by atoms with van der Waals surface area (Å²) < 4.78 is 23.0. The molecule has 4 aromatic carbocycles. The average molecular weight is 499 g/mol. The van der Waals surface area contributed by atoms with Crippen molar-refractivity contribution < 1.29 is 28.8 Å². The summed E-state index contributed by atoms with van der Waals surface area (Å²) in [5.74, 6) is 2.06. The highest BCUT2D eigenvalue weighted by Crippen LogP contribution is 2.23. The molecule has 1 atom stereocenters. The number of ether oxygens (including phenoxy) is 4. The van der Waals surface area contributed by atoms with E-state index in [1.54, 1.807) is 0 Å². The Morgan fingerprint density at radius 2 is 1.14 bits per heavy atom. The van der Waals surface area contributed by atoms with Gasteiger partial charge in [0.05, 0.1) is 19.8 Å². The van der Waals surface area contributed by atoms with Crippen molar-refractivity contribution in [1.82, 2.24) is 0 Å². The van der Waals surface area contributed by atoms with Gasteiger partial charge in [-0.05, 0) is 59.7 Å². The number of para-hydroxylation sites is 1. The Hall–Kier alpha value is -4.29. The van der Waals surface area contributed by atoms with Gasteiger partial charge in [0.15, 0.2) is 6.10 Å². The second kappa shape index (κ2) is 13.7. The summed E-state index contributed by atoms with van der Waals surface area (Å²) in [6.07, 6.45) is 0.0901. The molecule has 6 heteroatoms. The molecule has 0 fully saturated rings. The molecular weight excluding hydrogens is 468 g/mol. The fourth-order valence-electron chi connectivity index (χ4n) is 3.59. The highest BCUT2D eigenvalue weighted by atomic mass is 16.5. The van der Waals surface area contributed by atoms with E-state index in [2.05, 4.69) is 0 Å². The van der Waals surface area contributed by atoms with E-state index in [1.165, 1.54) is 0 Å². The van der Waals surface area contributed by atoms with E-state index in [1.807, 2.05) is 109 Å². The van der Waals surface area contributed by atoms with Crippen LogP contribution >= 0.6 is 0 Å². The molecular formula is C31H30O6. The van der Waals surface area contributed by atoms with Crippen molar-refractivity contribution >= 4 is 5.97 Å². The quantitative estimate of drug-likeness (QED) is 0.199. The predicted molar refractivity (Wildman–Crippen MR) is 141 cm³/mol. The number of hydrogen-bond acceptors (Lipinski definition) is 5. The van der Waals surface area contributed by atoms with Crippen molar-refractivity contribution in [3.63, 3.8) is 0 Å². The van der Waals surface area contributed by atoms with Crippen molar-refractivity contribution in [2.24, 2.45) is 0 Å². The number of hydrogen-bond donors (Lipinski definition) is 1. The molecule has 0 aromatic heterocycles. The third kappa shape index (κ3) is 8.70. The zero-order chi connectivity index (χ0) is 25.7. The molecule has 4 rings (SSSR count). The van der Waals surface area contributed by atoms with Crippen molar-refractivity contribution in [3.8, 4) is 23.0 Å². The molecule has 0 bridgehead atoms. The summed E-state index contributed by atoms with van der Waals surface area (Å²) in [6, 6.07) is 34.1. The molecule has 0 aliphatic heterocycles. The van der Waals surface area contributed by atoms with Gasteiger partial charge in [0.25, 0.3) is 0 Å². The molecule has 4 aromatic rings. The Morgan fingerprint density at radius 1 is 0.622 bits per heavy atom. The number of carbonyl (C=O) groups is 1. The Labute approximate surface area is 217 Å². The Balaban J connectivity index is 1.15. The number of aliphatic carboxylic acids is 1. The molecule has 1 N–H and O–H groups in total. The van der Waals surface area contributed by atoms with Gasteiger partial charge in [0.1, 0.15) is 23.0 Å². The Bertz CT molecular complexity index is 1210. The average Bonchev–Trinajstić information content (AvgIpc) is 2.93. The van der Waals surface area contributed by atoms with Crippen molar-refractivity contribution in [3.05, 3.63) is 120 Å². The molecule has 1 unspecified atom stereocenters. The molecule has 0 heterocycles. The van der Waals surface area contributed by atoms with Gasteiger partial charge in [-0.15, -0.1) is 0 Å². The van der Waals surface area contributed by atoms with Crippen molar-refractivity contribution in [1.29, 1.82) is 0 Å². The lowest BCUT2D eigenvalue weighted by Crippen LogP contribution is -2.26. The minimum atomic E-state index is -0.977. The lowest BCUT2D eigenvalue weighted by molar-refractivity contribution is -0.151. The summed E-state index contributed by atoms with van der Waals surface area (Å²) in [5, 5.41) is 9.52. The summed E-state index contributed by atoms with van der Waals surface area (Å²) in [6.45, 7) is 1.29. The highest BCUT2D eigenvalue weighted by Gasteiger charge is 2.19. The molecule has 190 valence electrons. The van der Waals surface area contributed by atoms with Crippen molar-refractivity contribution in [2.75, 3.05) is 13.2 Å². The van der Waals surface area contributed by atoms with Crippen LogP contribution in [0.1, 0.15) is 17.5 Å². The Kier molecular flexibility index (Phi) is 9.55. The Morgan fingerprint density at radius 3 is 1.73 bits per heavy atom. The normalized spacial score (nSPS) is 11.5. The standard InChI is InChI=1S/C31H30O6/c32-31(33)30(36-23-25-8-3-1-4-9-25)22-24-12-14-26(15-13-24)34-20-7-21-35-27-16-18-29(19-17-27)37-28-10-5-2-6-11-28/h1-6,8-19,30H,7,20-23H2,(H,32,33). The van der Waals surface area contributed by atoms with E-state index in [4.69, 9.17) is 18.9 Å². The van der Waals surface area contributed by atoms with Crippen LogP contribution in [0.2, 0.25) is 0 Å². The van der Waals surface area contributed by atoms with Crippen LogP contribution in [0, 0.1) is 0 Å². The number of benzene rings is 4. The van der Waals surface area contributed by atoms with Gasteiger partial charge in [0, 0.05) is 12.8 Å².